The summed E-state index contributed by atoms with van der Waals surface area (Å²) < 4.78 is 7.27. The maximum atomic E-state index is 12.7. The van der Waals surface area contributed by atoms with Crippen LogP contribution in [-0.4, -0.2) is 63.4 Å². The second-order valence-electron chi connectivity index (χ2n) is 6.35. The molecule has 0 bridgehead atoms. The first-order chi connectivity index (χ1) is 12.8. The van der Waals surface area contributed by atoms with Gasteiger partial charge in [-0.05, 0) is 6.07 Å². The molecule has 1 aliphatic heterocycles. The molecule has 3 aromatic rings. The number of carbonyl (C=O) groups is 1. The van der Waals surface area contributed by atoms with Crippen LogP contribution < -0.4 is 0 Å². The summed E-state index contributed by atoms with van der Waals surface area (Å²) in [5.41, 5.74) is 1.29. The van der Waals surface area contributed by atoms with Crippen molar-refractivity contribution in [2.75, 3.05) is 32.7 Å². The highest BCUT2D eigenvalue weighted by Gasteiger charge is 2.24. The second kappa shape index (κ2) is 7.53. The highest BCUT2D eigenvalue weighted by molar-refractivity contribution is 5.93. The molecule has 2 aromatic heterocycles. The van der Waals surface area contributed by atoms with E-state index in [9.17, 15) is 4.79 Å². The summed E-state index contributed by atoms with van der Waals surface area (Å²) in [5, 5.41) is 8.18. The van der Waals surface area contributed by atoms with Crippen LogP contribution >= 0.6 is 0 Å². The Morgan fingerprint density at radius 3 is 2.58 bits per heavy atom. The van der Waals surface area contributed by atoms with E-state index in [2.05, 4.69) is 15.2 Å². The molecule has 1 fully saturated rings. The lowest BCUT2D eigenvalue weighted by atomic mass is 10.1. The van der Waals surface area contributed by atoms with E-state index < -0.39 is 0 Å². The quantitative estimate of drug-likeness (QED) is 0.703. The Morgan fingerprint density at radius 1 is 1.04 bits per heavy atom. The first kappa shape index (κ1) is 16.5. The van der Waals surface area contributed by atoms with Gasteiger partial charge in [0.05, 0.1) is 6.54 Å². The second-order valence-corrected chi connectivity index (χ2v) is 6.35. The molecule has 1 aromatic carbocycles. The zero-order valence-corrected chi connectivity index (χ0v) is 14.5. The molecular weight excluding hydrogens is 330 g/mol. The van der Waals surface area contributed by atoms with Gasteiger partial charge >= 0.3 is 0 Å². The number of aromatic nitrogens is 3. The normalized spacial score (nSPS) is 15.3. The molecule has 0 radical (unpaired) electrons. The van der Waals surface area contributed by atoms with Gasteiger partial charge in [0.1, 0.15) is 0 Å². The molecule has 7 heteroatoms. The average Bonchev–Trinajstić information content (AvgIpc) is 3.39. The van der Waals surface area contributed by atoms with Crippen molar-refractivity contribution in [1.82, 2.24) is 24.7 Å². The van der Waals surface area contributed by atoms with Crippen molar-refractivity contribution in [2.45, 2.75) is 6.54 Å². The summed E-state index contributed by atoms with van der Waals surface area (Å²) in [6.45, 7) is 4.92. The first-order valence-electron chi connectivity index (χ1n) is 8.81. The van der Waals surface area contributed by atoms with E-state index >= 15 is 0 Å². The lowest BCUT2D eigenvalue weighted by Gasteiger charge is -2.34. The number of carbonyl (C=O) groups excluding carboxylic acids is 1. The molecule has 3 heterocycles. The van der Waals surface area contributed by atoms with Gasteiger partial charge in [-0.3, -0.25) is 14.4 Å². The average molecular weight is 351 g/mol. The van der Waals surface area contributed by atoms with E-state index in [-0.39, 0.29) is 5.91 Å². The van der Waals surface area contributed by atoms with Crippen molar-refractivity contribution >= 4 is 5.91 Å². The highest BCUT2D eigenvalue weighted by atomic mass is 16.5. The predicted molar refractivity (Wildman–Crippen MR) is 96.5 cm³/mol. The van der Waals surface area contributed by atoms with Crippen molar-refractivity contribution in [3.8, 4) is 11.3 Å². The largest absolute Gasteiger partial charge is 0.355 e. The van der Waals surface area contributed by atoms with E-state index in [0.717, 1.165) is 31.7 Å². The molecule has 0 saturated carbocycles. The Balaban J connectivity index is 1.31. The molecule has 0 aliphatic carbocycles. The highest BCUT2D eigenvalue weighted by Crippen LogP contribution is 2.20. The zero-order valence-electron chi connectivity index (χ0n) is 14.5. The van der Waals surface area contributed by atoms with Crippen LogP contribution in [0.4, 0.5) is 0 Å². The Bertz CT molecular complexity index is 836. The summed E-state index contributed by atoms with van der Waals surface area (Å²) in [5.74, 6) is 0.550. The fourth-order valence-corrected chi connectivity index (χ4v) is 3.13. The maximum Gasteiger partial charge on any atom is 0.276 e. The summed E-state index contributed by atoms with van der Waals surface area (Å²) in [6, 6.07) is 13.3. The molecule has 0 N–H and O–H groups in total. The van der Waals surface area contributed by atoms with Crippen molar-refractivity contribution in [3.05, 3.63) is 60.6 Å². The van der Waals surface area contributed by atoms with Crippen LogP contribution in [0.25, 0.3) is 11.3 Å². The summed E-state index contributed by atoms with van der Waals surface area (Å²) >= 11 is 0. The van der Waals surface area contributed by atoms with Gasteiger partial charge in [-0.1, -0.05) is 35.5 Å². The Kier molecular flexibility index (Phi) is 4.79. The van der Waals surface area contributed by atoms with E-state index in [1.165, 1.54) is 0 Å². The van der Waals surface area contributed by atoms with Crippen LogP contribution in [0.3, 0.4) is 0 Å². The van der Waals surface area contributed by atoms with Crippen molar-refractivity contribution in [3.63, 3.8) is 0 Å². The van der Waals surface area contributed by atoms with Crippen LogP contribution in [-0.2, 0) is 6.54 Å². The van der Waals surface area contributed by atoms with Crippen LogP contribution in [0.5, 0.6) is 0 Å². The lowest BCUT2D eigenvalue weighted by molar-refractivity contribution is 0.0622. The van der Waals surface area contributed by atoms with Crippen LogP contribution in [0.1, 0.15) is 10.5 Å². The fourth-order valence-electron chi connectivity index (χ4n) is 3.13. The fraction of sp³-hybridized carbons (Fsp3) is 0.316. The number of rotatable bonds is 5. The topological polar surface area (TPSA) is 67.4 Å². The van der Waals surface area contributed by atoms with Crippen LogP contribution in [0, 0.1) is 0 Å². The van der Waals surface area contributed by atoms with Gasteiger partial charge in [-0.2, -0.15) is 5.10 Å². The molecule has 1 aliphatic rings. The first-order valence-corrected chi connectivity index (χ1v) is 8.81. The minimum absolute atomic E-state index is 0.0670. The number of hydrogen-bond donors (Lipinski definition) is 0. The molecule has 1 saturated heterocycles. The van der Waals surface area contributed by atoms with Gasteiger partial charge in [0.15, 0.2) is 11.5 Å². The third-order valence-electron chi connectivity index (χ3n) is 4.65. The third-order valence-corrected chi connectivity index (χ3v) is 4.65. The van der Waals surface area contributed by atoms with Crippen LogP contribution in [0.2, 0.25) is 0 Å². The Hall–Kier alpha value is -2.93. The minimum Gasteiger partial charge on any atom is -0.355 e. The lowest BCUT2D eigenvalue weighted by Crippen LogP contribution is -2.49. The predicted octanol–water partition coefficient (Wildman–Crippen LogP) is 2.00. The van der Waals surface area contributed by atoms with E-state index in [4.69, 9.17) is 4.52 Å². The summed E-state index contributed by atoms with van der Waals surface area (Å²) in [7, 11) is 0. The zero-order chi connectivity index (χ0) is 17.8. The minimum atomic E-state index is -0.0670. The molecule has 1 amide bonds. The molecule has 134 valence electrons. The van der Waals surface area contributed by atoms with Gasteiger partial charge < -0.3 is 9.42 Å². The Morgan fingerprint density at radius 2 is 1.85 bits per heavy atom. The van der Waals surface area contributed by atoms with Gasteiger partial charge in [-0.15, -0.1) is 0 Å². The maximum absolute atomic E-state index is 12.7. The number of piperazine rings is 1. The molecule has 7 nitrogen and oxygen atoms in total. The van der Waals surface area contributed by atoms with Gasteiger partial charge in [0.25, 0.3) is 5.91 Å². The molecule has 0 spiro atoms. The monoisotopic (exact) mass is 351 g/mol. The summed E-state index contributed by atoms with van der Waals surface area (Å²) in [6.07, 6.45) is 3.76. The van der Waals surface area contributed by atoms with Gasteiger partial charge in [-0.25, -0.2) is 0 Å². The van der Waals surface area contributed by atoms with E-state index in [1.54, 1.807) is 12.3 Å². The van der Waals surface area contributed by atoms with E-state index in [1.807, 2.05) is 52.2 Å². The van der Waals surface area contributed by atoms with Crippen molar-refractivity contribution in [1.29, 1.82) is 0 Å². The molecule has 0 unspecified atom stereocenters. The van der Waals surface area contributed by atoms with Crippen LogP contribution in [0.15, 0.2) is 59.4 Å². The van der Waals surface area contributed by atoms with Crippen molar-refractivity contribution in [2.24, 2.45) is 0 Å². The number of nitrogens with zero attached hydrogens (tertiary/aromatic N) is 5. The SMILES string of the molecule is O=C(c1cc(-c2ccccc2)on1)N1CCN(CCn2cccn2)CC1. The number of amides is 1. The van der Waals surface area contributed by atoms with E-state index in [0.29, 0.717) is 24.5 Å². The summed E-state index contributed by atoms with van der Waals surface area (Å²) in [4.78, 5) is 16.9. The number of benzene rings is 1. The van der Waals surface area contributed by atoms with Gasteiger partial charge in [0.2, 0.25) is 0 Å². The standard InChI is InChI=1S/C19H21N5O2/c25-19(17-15-18(26-21-17)16-5-2-1-3-6-16)23-12-9-22(10-13-23)11-14-24-8-4-7-20-24/h1-8,15H,9-14H2. The molecule has 26 heavy (non-hydrogen) atoms. The van der Waals surface area contributed by atoms with Gasteiger partial charge in [0, 0.05) is 56.7 Å². The third kappa shape index (κ3) is 3.67. The van der Waals surface area contributed by atoms with Crippen molar-refractivity contribution < 1.29 is 9.32 Å². The molecular formula is C19H21N5O2. The smallest absolute Gasteiger partial charge is 0.276 e. The number of hydrogen-bond acceptors (Lipinski definition) is 5. The molecule has 4 rings (SSSR count). The molecule has 0 atom stereocenters. The Labute approximate surface area is 151 Å².